The van der Waals surface area contributed by atoms with Crippen LogP contribution in [0.3, 0.4) is 0 Å². The van der Waals surface area contributed by atoms with Crippen molar-refractivity contribution in [3.05, 3.63) is 52.8 Å². The van der Waals surface area contributed by atoms with Crippen molar-refractivity contribution < 1.29 is 4.79 Å². The molecule has 0 unspecified atom stereocenters. The Hall–Kier alpha value is -1.85. The number of halogens is 1. The first kappa shape index (κ1) is 20.9. The molecule has 0 bridgehead atoms. The monoisotopic (exact) mass is 402 g/mol. The molecule has 2 aromatic rings. The fraction of sp³-hybridized carbons (Fsp3) is 0.545. The summed E-state index contributed by atoms with van der Waals surface area (Å²) < 4.78 is 1.85. The number of carbonyl (C=O) groups is 1. The van der Waals surface area contributed by atoms with Crippen LogP contribution in [-0.4, -0.2) is 58.7 Å². The number of hydrogen-bond donors (Lipinski definition) is 0. The summed E-state index contributed by atoms with van der Waals surface area (Å²) in [5, 5.41) is 5.14. The Balaban J connectivity index is 1.33. The van der Waals surface area contributed by atoms with Crippen LogP contribution in [-0.2, 0) is 17.8 Å². The maximum atomic E-state index is 12.4. The molecule has 0 radical (unpaired) electrons. The van der Waals surface area contributed by atoms with Crippen molar-refractivity contribution in [3.63, 3.8) is 0 Å². The summed E-state index contributed by atoms with van der Waals surface area (Å²) in [6.45, 7) is 6.81. The third-order valence-corrected chi connectivity index (χ3v) is 5.88. The number of rotatable bonds is 8. The molecule has 1 aliphatic rings. The minimum atomic E-state index is 0.207. The summed E-state index contributed by atoms with van der Waals surface area (Å²) in [7, 11) is 1.93. The van der Waals surface area contributed by atoms with Crippen molar-refractivity contribution in [1.29, 1.82) is 0 Å². The highest BCUT2D eigenvalue weighted by atomic mass is 35.5. The van der Waals surface area contributed by atoms with Crippen molar-refractivity contribution >= 4 is 17.5 Å². The molecule has 1 aromatic heterocycles. The van der Waals surface area contributed by atoms with Crippen LogP contribution in [0.2, 0.25) is 5.02 Å². The number of hydrogen-bond acceptors (Lipinski definition) is 3. The summed E-state index contributed by atoms with van der Waals surface area (Å²) >= 11 is 5.95. The average molecular weight is 403 g/mol. The Kier molecular flexibility index (Phi) is 7.51. The molecule has 152 valence electrons. The van der Waals surface area contributed by atoms with Gasteiger partial charge in [0.2, 0.25) is 5.91 Å². The van der Waals surface area contributed by atoms with Gasteiger partial charge in [-0.3, -0.25) is 9.48 Å². The third-order valence-electron chi connectivity index (χ3n) is 5.62. The fourth-order valence-corrected chi connectivity index (χ4v) is 3.93. The van der Waals surface area contributed by atoms with E-state index in [1.54, 1.807) is 0 Å². The van der Waals surface area contributed by atoms with E-state index in [1.807, 2.05) is 47.9 Å². The molecule has 5 nitrogen and oxygen atoms in total. The number of piperidine rings is 1. The van der Waals surface area contributed by atoms with Crippen LogP contribution in [0, 0.1) is 12.8 Å². The molecule has 3 rings (SSSR count). The van der Waals surface area contributed by atoms with Gasteiger partial charge in [0.1, 0.15) is 0 Å². The first-order chi connectivity index (χ1) is 13.5. The van der Waals surface area contributed by atoms with Gasteiger partial charge in [-0.15, -0.1) is 0 Å². The highest BCUT2D eigenvalue weighted by Gasteiger charge is 2.21. The molecule has 1 amide bonds. The Morgan fingerprint density at radius 3 is 2.54 bits per heavy atom. The average Bonchev–Trinajstić information content (AvgIpc) is 3.12. The maximum Gasteiger partial charge on any atom is 0.224 e. The largest absolute Gasteiger partial charge is 0.345 e. The van der Waals surface area contributed by atoms with Gasteiger partial charge in [-0.05, 0) is 69.0 Å². The van der Waals surface area contributed by atoms with E-state index >= 15 is 0 Å². The molecule has 1 fully saturated rings. The fourth-order valence-electron chi connectivity index (χ4n) is 3.81. The molecule has 0 atom stereocenters. The molecular formula is C22H31ClN4O. The van der Waals surface area contributed by atoms with Crippen molar-refractivity contribution in [2.24, 2.45) is 5.92 Å². The van der Waals surface area contributed by atoms with Crippen molar-refractivity contribution in [3.8, 4) is 0 Å². The van der Waals surface area contributed by atoms with Crippen molar-refractivity contribution in [1.82, 2.24) is 19.6 Å². The van der Waals surface area contributed by atoms with E-state index < -0.39 is 0 Å². The van der Waals surface area contributed by atoms with Gasteiger partial charge in [-0.2, -0.15) is 5.10 Å². The molecule has 1 aromatic carbocycles. The van der Waals surface area contributed by atoms with Crippen molar-refractivity contribution in [2.75, 3.05) is 33.2 Å². The van der Waals surface area contributed by atoms with Crippen LogP contribution >= 0.6 is 11.6 Å². The highest BCUT2D eigenvalue weighted by Crippen LogP contribution is 2.19. The number of aryl methyl sites for hydroxylation is 2. The van der Waals surface area contributed by atoms with Gasteiger partial charge >= 0.3 is 0 Å². The molecule has 1 saturated heterocycles. The summed E-state index contributed by atoms with van der Waals surface area (Å²) in [6.07, 6.45) is 5.83. The van der Waals surface area contributed by atoms with E-state index in [2.05, 4.69) is 22.1 Å². The predicted octanol–water partition coefficient (Wildman–Crippen LogP) is 3.65. The predicted molar refractivity (Wildman–Crippen MR) is 114 cm³/mol. The maximum absolute atomic E-state index is 12.4. The minimum Gasteiger partial charge on any atom is -0.345 e. The van der Waals surface area contributed by atoms with E-state index in [0.717, 1.165) is 56.2 Å². The lowest BCUT2D eigenvalue weighted by atomic mass is 9.96. The number of amides is 1. The zero-order valence-corrected chi connectivity index (χ0v) is 17.7. The second kappa shape index (κ2) is 10.1. The standard InChI is InChI=1S/C22H31ClN4O/c1-18-7-15-27(24-18)16-11-22(28)25(2)17-20-9-13-26(14-10-20)12-8-19-3-5-21(23)6-4-19/h3-7,15,20H,8-14,16-17H2,1-2H3. The third kappa shape index (κ3) is 6.35. The second-order valence-corrected chi connectivity index (χ2v) is 8.34. The smallest absolute Gasteiger partial charge is 0.224 e. The first-order valence-electron chi connectivity index (χ1n) is 10.2. The van der Waals surface area contributed by atoms with E-state index in [1.165, 1.54) is 5.56 Å². The minimum absolute atomic E-state index is 0.207. The Labute approximate surface area is 173 Å². The molecular weight excluding hydrogens is 372 g/mol. The highest BCUT2D eigenvalue weighted by molar-refractivity contribution is 6.30. The summed E-state index contributed by atoms with van der Waals surface area (Å²) in [5.41, 5.74) is 2.33. The number of carbonyl (C=O) groups excluding carboxylic acids is 1. The van der Waals surface area contributed by atoms with E-state index in [-0.39, 0.29) is 5.91 Å². The molecule has 2 heterocycles. The summed E-state index contributed by atoms with van der Waals surface area (Å²) in [5.74, 6) is 0.811. The van der Waals surface area contributed by atoms with Gasteiger partial charge < -0.3 is 9.80 Å². The number of benzene rings is 1. The summed E-state index contributed by atoms with van der Waals surface area (Å²) in [4.78, 5) is 16.9. The molecule has 1 aliphatic heterocycles. The lowest BCUT2D eigenvalue weighted by molar-refractivity contribution is -0.131. The molecule has 0 aliphatic carbocycles. The van der Waals surface area contributed by atoms with Gasteiger partial charge in [-0.1, -0.05) is 23.7 Å². The normalized spacial score (nSPS) is 15.7. The second-order valence-electron chi connectivity index (χ2n) is 7.91. The number of aromatic nitrogens is 2. The van der Waals surface area contributed by atoms with Crippen LogP contribution in [0.1, 0.15) is 30.5 Å². The van der Waals surface area contributed by atoms with Gasteiger partial charge in [-0.25, -0.2) is 0 Å². The van der Waals surface area contributed by atoms with E-state index in [4.69, 9.17) is 11.6 Å². The molecule has 0 saturated carbocycles. The van der Waals surface area contributed by atoms with Gasteiger partial charge in [0.05, 0.1) is 5.69 Å². The van der Waals surface area contributed by atoms with Crippen molar-refractivity contribution in [2.45, 2.75) is 39.2 Å². The van der Waals surface area contributed by atoms with Crippen LogP contribution in [0.4, 0.5) is 0 Å². The van der Waals surface area contributed by atoms with Crippen LogP contribution in [0.15, 0.2) is 36.5 Å². The molecule has 0 spiro atoms. The van der Waals surface area contributed by atoms with Gasteiger partial charge in [0.25, 0.3) is 0 Å². The molecule has 28 heavy (non-hydrogen) atoms. The zero-order valence-electron chi connectivity index (χ0n) is 17.0. The molecule has 6 heteroatoms. The lowest BCUT2D eigenvalue weighted by Crippen LogP contribution is -2.40. The first-order valence-corrected chi connectivity index (χ1v) is 10.6. The van der Waals surface area contributed by atoms with Gasteiger partial charge in [0, 0.05) is 44.3 Å². The van der Waals surface area contributed by atoms with Crippen LogP contribution < -0.4 is 0 Å². The Bertz CT molecular complexity index is 750. The number of nitrogens with zero attached hydrogens (tertiary/aromatic N) is 4. The van der Waals surface area contributed by atoms with Gasteiger partial charge in [0.15, 0.2) is 0 Å². The van der Waals surface area contributed by atoms with E-state index in [0.29, 0.717) is 18.9 Å². The quantitative estimate of drug-likeness (QED) is 0.676. The van der Waals surface area contributed by atoms with Crippen LogP contribution in [0.5, 0.6) is 0 Å². The van der Waals surface area contributed by atoms with E-state index in [9.17, 15) is 4.79 Å². The summed E-state index contributed by atoms with van der Waals surface area (Å²) in [6, 6.07) is 10.1. The zero-order chi connectivity index (χ0) is 19.9. The van der Waals surface area contributed by atoms with Crippen LogP contribution in [0.25, 0.3) is 0 Å². The Morgan fingerprint density at radius 1 is 1.18 bits per heavy atom. The Morgan fingerprint density at radius 2 is 1.89 bits per heavy atom. The topological polar surface area (TPSA) is 41.4 Å². The lowest BCUT2D eigenvalue weighted by Gasteiger charge is -2.34. The number of likely N-dealkylation sites (tertiary alicyclic amines) is 1. The SMILES string of the molecule is Cc1ccn(CCC(=O)N(C)CC2CCN(CCc3ccc(Cl)cc3)CC2)n1. The molecule has 0 N–H and O–H groups in total.